The molecule has 4 nitrogen and oxygen atoms in total. The van der Waals surface area contributed by atoms with Gasteiger partial charge in [-0.15, -0.1) is 11.8 Å². The second-order valence-electron chi connectivity index (χ2n) is 6.29. The van der Waals surface area contributed by atoms with Crippen LogP contribution in [0.5, 0.6) is 5.75 Å². The van der Waals surface area contributed by atoms with Crippen molar-refractivity contribution < 1.29 is 15.0 Å². The van der Waals surface area contributed by atoms with E-state index >= 15 is 0 Å². The number of aromatic carboxylic acids is 1. The Labute approximate surface area is 154 Å². The average molecular weight is 374 g/mol. The summed E-state index contributed by atoms with van der Waals surface area (Å²) in [5.41, 5.74) is 2.88. The lowest BCUT2D eigenvalue weighted by Gasteiger charge is -2.19. The number of rotatable bonds is 3. The van der Waals surface area contributed by atoms with Crippen molar-refractivity contribution in [3.8, 4) is 5.75 Å². The number of carboxylic acid groups (broad SMARTS) is 1. The highest BCUT2D eigenvalue weighted by Gasteiger charge is 2.30. The first-order valence-corrected chi connectivity index (χ1v) is 9.23. The molecule has 4 rings (SSSR count). The summed E-state index contributed by atoms with van der Waals surface area (Å²) in [6.45, 7) is 2.46. The number of carbonyl (C=O) groups is 1. The van der Waals surface area contributed by atoms with Crippen LogP contribution in [0.1, 0.15) is 28.5 Å². The van der Waals surface area contributed by atoms with Crippen molar-refractivity contribution in [3.05, 3.63) is 58.2 Å². The Morgan fingerprint density at radius 3 is 2.88 bits per heavy atom. The van der Waals surface area contributed by atoms with Gasteiger partial charge in [0, 0.05) is 32.7 Å². The van der Waals surface area contributed by atoms with Crippen molar-refractivity contribution in [1.82, 2.24) is 4.57 Å². The van der Waals surface area contributed by atoms with Gasteiger partial charge >= 0.3 is 5.97 Å². The zero-order valence-corrected chi connectivity index (χ0v) is 15.1. The topological polar surface area (TPSA) is 62.5 Å². The Balaban J connectivity index is 2.00. The Morgan fingerprint density at radius 2 is 2.16 bits per heavy atom. The minimum absolute atomic E-state index is 0.212. The summed E-state index contributed by atoms with van der Waals surface area (Å²) in [7, 11) is 0. The first kappa shape index (κ1) is 16.4. The molecular formula is C19H16ClNO3S. The first-order valence-electron chi connectivity index (χ1n) is 7.97. The Bertz CT molecular complexity index is 1010. The van der Waals surface area contributed by atoms with E-state index < -0.39 is 5.97 Å². The van der Waals surface area contributed by atoms with Crippen LogP contribution in [0.25, 0.3) is 10.9 Å². The van der Waals surface area contributed by atoms with Gasteiger partial charge in [-0.1, -0.05) is 30.7 Å². The SMILES string of the molecule is CC1Cc2c(O)ccc3c2c(c(C(=O)O)n3Cc2cccc(Cl)c2)S1. The third-order valence-corrected chi connectivity index (χ3v) is 5.95. The molecule has 128 valence electrons. The fourth-order valence-corrected chi connectivity index (χ4v) is 5.03. The minimum Gasteiger partial charge on any atom is -0.508 e. The molecule has 0 saturated heterocycles. The number of hydrogen-bond acceptors (Lipinski definition) is 3. The van der Waals surface area contributed by atoms with Crippen LogP contribution in [0.4, 0.5) is 0 Å². The monoisotopic (exact) mass is 373 g/mol. The number of aromatic nitrogens is 1. The quantitative estimate of drug-likeness (QED) is 0.693. The summed E-state index contributed by atoms with van der Waals surface area (Å²) >= 11 is 7.64. The lowest BCUT2D eigenvalue weighted by molar-refractivity contribution is 0.0682. The Hall–Kier alpha value is -2.11. The van der Waals surface area contributed by atoms with Gasteiger partial charge in [0.1, 0.15) is 11.4 Å². The molecule has 0 radical (unpaired) electrons. The number of hydrogen-bond donors (Lipinski definition) is 2. The van der Waals surface area contributed by atoms with E-state index in [9.17, 15) is 15.0 Å². The number of benzene rings is 2. The molecular weight excluding hydrogens is 358 g/mol. The minimum atomic E-state index is -0.958. The van der Waals surface area contributed by atoms with Crippen LogP contribution < -0.4 is 0 Å². The molecule has 1 aromatic heterocycles. The molecule has 25 heavy (non-hydrogen) atoms. The van der Waals surface area contributed by atoms with Crippen molar-refractivity contribution in [2.75, 3.05) is 0 Å². The Kier molecular flexibility index (Phi) is 3.93. The maximum atomic E-state index is 12.0. The van der Waals surface area contributed by atoms with Crippen molar-refractivity contribution in [3.63, 3.8) is 0 Å². The molecule has 0 amide bonds. The third-order valence-electron chi connectivity index (χ3n) is 4.51. The zero-order chi connectivity index (χ0) is 17.7. The molecule has 0 spiro atoms. The summed E-state index contributed by atoms with van der Waals surface area (Å²) in [6.07, 6.45) is 0.723. The molecule has 1 atom stereocenters. The summed E-state index contributed by atoms with van der Waals surface area (Å²) in [5, 5.41) is 21.8. The number of phenols is 1. The van der Waals surface area contributed by atoms with Gasteiger partial charge in [-0.3, -0.25) is 0 Å². The molecule has 3 aromatic rings. The van der Waals surface area contributed by atoms with Crippen LogP contribution in [0, 0.1) is 0 Å². The van der Waals surface area contributed by atoms with Crippen molar-refractivity contribution in [2.24, 2.45) is 0 Å². The molecule has 2 N–H and O–H groups in total. The lowest BCUT2D eigenvalue weighted by Crippen LogP contribution is -2.11. The second-order valence-corrected chi connectivity index (χ2v) is 8.17. The van der Waals surface area contributed by atoms with Gasteiger partial charge in [-0.05, 0) is 36.2 Å². The van der Waals surface area contributed by atoms with Crippen LogP contribution in [0.3, 0.4) is 0 Å². The lowest BCUT2D eigenvalue weighted by atomic mass is 10.0. The highest BCUT2D eigenvalue weighted by atomic mass is 35.5. The number of thioether (sulfide) groups is 1. The number of phenolic OH excluding ortho intramolecular Hbond substituents is 1. The van der Waals surface area contributed by atoms with Crippen molar-refractivity contribution >= 4 is 40.2 Å². The Morgan fingerprint density at radius 1 is 1.36 bits per heavy atom. The normalized spacial score (nSPS) is 16.3. The first-order chi connectivity index (χ1) is 12.0. The molecule has 2 aromatic carbocycles. The van der Waals surface area contributed by atoms with E-state index in [4.69, 9.17) is 11.6 Å². The molecule has 0 aliphatic carbocycles. The summed E-state index contributed by atoms with van der Waals surface area (Å²) in [6, 6.07) is 10.9. The summed E-state index contributed by atoms with van der Waals surface area (Å²) in [5.74, 6) is -0.724. The van der Waals surface area contributed by atoms with E-state index in [2.05, 4.69) is 0 Å². The standard InChI is InChI=1S/C19H16ClNO3S/c1-10-7-13-15(22)6-5-14-16(13)18(25-10)17(19(23)24)21(14)9-11-3-2-4-12(20)8-11/h2-6,8,10,22H,7,9H2,1H3,(H,23,24). The van der Waals surface area contributed by atoms with Crippen LogP contribution >= 0.6 is 23.4 Å². The molecule has 1 aliphatic heterocycles. The predicted octanol–water partition coefficient (Wildman–Crippen LogP) is 4.78. The largest absolute Gasteiger partial charge is 0.508 e. The molecule has 0 bridgehead atoms. The fraction of sp³-hybridized carbons (Fsp3) is 0.211. The van der Waals surface area contributed by atoms with Gasteiger partial charge < -0.3 is 14.8 Å². The van der Waals surface area contributed by atoms with Gasteiger partial charge in [-0.2, -0.15) is 0 Å². The van der Waals surface area contributed by atoms with E-state index in [1.54, 1.807) is 30.0 Å². The zero-order valence-electron chi connectivity index (χ0n) is 13.5. The van der Waals surface area contributed by atoms with E-state index in [1.165, 1.54) is 0 Å². The molecule has 1 aliphatic rings. The van der Waals surface area contributed by atoms with Gasteiger partial charge in [0.15, 0.2) is 0 Å². The van der Waals surface area contributed by atoms with Gasteiger partial charge in [0.05, 0.1) is 5.52 Å². The van der Waals surface area contributed by atoms with Crippen molar-refractivity contribution in [2.45, 2.75) is 30.0 Å². The van der Waals surface area contributed by atoms with E-state index in [0.717, 1.165) is 33.3 Å². The third kappa shape index (κ3) is 2.68. The van der Waals surface area contributed by atoms with Crippen LogP contribution in [0.2, 0.25) is 5.02 Å². The van der Waals surface area contributed by atoms with Crippen LogP contribution in [-0.2, 0) is 13.0 Å². The molecule has 0 fully saturated rings. The molecule has 1 unspecified atom stereocenters. The average Bonchev–Trinajstić information content (AvgIpc) is 2.85. The summed E-state index contributed by atoms with van der Waals surface area (Å²) < 4.78 is 1.81. The maximum absolute atomic E-state index is 12.0. The fourth-order valence-electron chi connectivity index (χ4n) is 3.51. The van der Waals surface area contributed by atoms with Gasteiger partial charge in [0.2, 0.25) is 0 Å². The van der Waals surface area contributed by atoms with E-state index in [1.807, 2.05) is 29.7 Å². The van der Waals surface area contributed by atoms with Crippen LogP contribution in [0.15, 0.2) is 41.3 Å². The summed E-state index contributed by atoms with van der Waals surface area (Å²) in [4.78, 5) is 12.8. The van der Waals surface area contributed by atoms with E-state index in [-0.39, 0.29) is 16.7 Å². The van der Waals surface area contributed by atoms with Crippen LogP contribution in [-0.4, -0.2) is 26.0 Å². The maximum Gasteiger partial charge on any atom is 0.353 e. The molecule has 2 heterocycles. The van der Waals surface area contributed by atoms with E-state index in [0.29, 0.717) is 11.6 Å². The second kappa shape index (κ2) is 6.00. The molecule has 6 heteroatoms. The predicted molar refractivity (Wildman–Crippen MR) is 100 cm³/mol. The number of carboxylic acids is 1. The number of nitrogens with zero attached hydrogens (tertiary/aromatic N) is 1. The van der Waals surface area contributed by atoms with Crippen molar-refractivity contribution in [1.29, 1.82) is 0 Å². The van der Waals surface area contributed by atoms with Gasteiger partial charge in [0.25, 0.3) is 0 Å². The molecule has 0 saturated carbocycles. The van der Waals surface area contributed by atoms with Gasteiger partial charge in [-0.25, -0.2) is 4.79 Å². The highest BCUT2D eigenvalue weighted by Crippen LogP contribution is 2.46. The number of halogens is 1. The smallest absolute Gasteiger partial charge is 0.353 e. The number of aromatic hydroxyl groups is 1. The highest BCUT2D eigenvalue weighted by molar-refractivity contribution is 8.00.